The van der Waals surface area contributed by atoms with E-state index in [1.165, 1.54) is 16.7 Å². The van der Waals surface area contributed by atoms with Crippen molar-refractivity contribution in [3.8, 4) is 11.1 Å². The lowest BCUT2D eigenvalue weighted by Crippen LogP contribution is -2.38. The second-order valence-electron chi connectivity index (χ2n) is 8.50. The molecule has 1 saturated carbocycles. The van der Waals surface area contributed by atoms with E-state index in [2.05, 4.69) is 66.0 Å². The van der Waals surface area contributed by atoms with Gasteiger partial charge in [0.15, 0.2) is 0 Å². The Morgan fingerprint density at radius 1 is 0.667 bits per heavy atom. The number of hydrogen-bond donors (Lipinski definition) is 2. The molecule has 162 valence electrons. The Labute approximate surface area is 194 Å². The zero-order valence-electron chi connectivity index (χ0n) is 18.4. The van der Waals surface area contributed by atoms with Gasteiger partial charge in [0.2, 0.25) is 5.91 Å². The van der Waals surface area contributed by atoms with Crippen LogP contribution in [-0.2, 0) is 10.2 Å². The fourth-order valence-corrected chi connectivity index (χ4v) is 4.65. The van der Waals surface area contributed by atoms with E-state index in [0.29, 0.717) is 5.70 Å². The van der Waals surface area contributed by atoms with Gasteiger partial charge in [-0.2, -0.15) is 0 Å². The molecule has 0 unspecified atom stereocenters. The lowest BCUT2D eigenvalue weighted by atomic mass is 9.85. The van der Waals surface area contributed by atoms with Crippen LogP contribution in [-0.4, -0.2) is 5.91 Å². The Morgan fingerprint density at radius 2 is 1.15 bits per heavy atom. The summed E-state index contributed by atoms with van der Waals surface area (Å²) in [5.74, 6) is -0.159. The number of nitrogens with one attached hydrogen (secondary N) is 2. The normalized spacial score (nSPS) is 15.9. The first kappa shape index (κ1) is 20.8. The van der Waals surface area contributed by atoms with E-state index in [-0.39, 0.29) is 17.2 Å². The summed E-state index contributed by atoms with van der Waals surface area (Å²) in [6.07, 6.45) is 0.785. The highest BCUT2D eigenvalue weighted by molar-refractivity contribution is 5.86. The summed E-state index contributed by atoms with van der Waals surface area (Å²) in [6, 6.07) is 39.0. The predicted octanol–water partition coefficient (Wildman–Crippen LogP) is 5.95. The number of rotatable bonds is 7. The standard InChI is InChI=1S/C30H26N2O/c1-22(23-17-19-25(20-18-23)24-11-5-2-6-12-24)31-32-29(33)28-21-30(28,26-13-7-3-8-14-26)27-15-9-4-10-16-27/h2-20,28,31H,1,21H2,(H,32,33)/t28-/m1/s1. The van der Waals surface area contributed by atoms with Gasteiger partial charge in [0, 0.05) is 5.41 Å². The molecule has 0 heterocycles. The van der Waals surface area contributed by atoms with Crippen LogP contribution < -0.4 is 10.9 Å². The van der Waals surface area contributed by atoms with Gasteiger partial charge in [-0.25, -0.2) is 0 Å². The molecule has 1 fully saturated rings. The Balaban J connectivity index is 1.27. The number of carbonyl (C=O) groups excluding carboxylic acids is 1. The van der Waals surface area contributed by atoms with Gasteiger partial charge in [-0.05, 0) is 34.2 Å². The van der Waals surface area contributed by atoms with Crippen molar-refractivity contribution in [3.63, 3.8) is 0 Å². The third-order valence-corrected chi connectivity index (χ3v) is 6.53. The van der Waals surface area contributed by atoms with Crippen LogP contribution in [0.2, 0.25) is 0 Å². The quantitative estimate of drug-likeness (QED) is 0.356. The molecule has 1 amide bonds. The fraction of sp³-hybridized carbons (Fsp3) is 0.100. The van der Waals surface area contributed by atoms with Gasteiger partial charge in [-0.1, -0.05) is 122 Å². The molecule has 5 rings (SSSR count). The molecule has 0 radical (unpaired) electrons. The number of carbonyl (C=O) groups is 1. The molecule has 33 heavy (non-hydrogen) atoms. The lowest BCUT2D eigenvalue weighted by Gasteiger charge is -2.19. The van der Waals surface area contributed by atoms with Crippen LogP contribution in [0.1, 0.15) is 23.1 Å². The van der Waals surface area contributed by atoms with E-state index in [1.54, 1.807) is 0 Å². The topological polar surface area (TPSA) is 41.1 Å². The summed E-state index contributed by atoms with van der Waals surface area (Å²) < 4.78 is 0. The molecular formula is C30H26N2O. The average molecular weight is 431 g/mol. The van der Waals surface area contributed by atoms with Crippen molar-refractivity contribution in [3.05, 3.63) is 139 Å². The minimum atomic E-state index is -0.285. The van der Waals surface area contributed by atoms with Crippen molar-refractivity contribution >= 4 is 11.6 Å². The van der Waals surface area contributed by atoms with Crippen LogP contribution in [0.15, 0.2) is 122 Å². The molecule has 1 atom stereocenters. The van der Waals surface area contributed by atoms with Crippen molar-refractivity contribution in [2.45, 2.75) is 11.8 Å². The van der Waals surface area contributed by atoms with Crippen LogP contribution in [0.3, 0.4) is 0 Å². The highest BCUT2D eigenvalue weighted by Gasteiger charge is 2.60. The monoisotopic (exact) mass is 430 g/mol. The van der Waals surface area contributed by atoms with Gasteiger partial charge in [0.05, 0.1) is 11.6 Å². The fourth-order valence-electron chi connectivity index (χ4n) is 4.65. The number of hydrazine groups is 1. The van der Waals surface area contributed by atoms with Crippen molar-refractivity contribution in [2.75, 3.05) is 0 Å². The summed E-state index contributed by atoms with van der Waals surface area (Å²) in [7, 11) is 0. The van der Waals surface area contributed by atoms with E-state index in [4.69, 9.17) is 0 Å². The number of hydrogen-bond acceptors (Lipinski definition) is 2. The van der Waals surface area contributed by atoms with Crippen molar-refractivity contribution in [1.82, 2.24) is 10.9 Å². The van der Waals surface area contributed by atoms with Gasteiger partial charge < -0.3 is 0 Å². The first-order valence-electron chi connectivity index (χ1n) is 11.2. The van der Waals surface area contributed by atoms with Gasteiger partial charge in [0.1, 0.15) is 0 Å². The molecule has 2 N–H and O–H groups in total. The highest BCUT2D eigenvalue weighted by atomic mass is 16.2. The summed E-state index contributed by atoms with van der Waals surface area (Å²) in [5, 5.41) is 0. The molecule has 4 aromatic carbocycles. The number of amides is 1. The molecule has 1 aliphatic carbocycles. The first-order chi connectivity index (χ1) is 16.2. The first-order valence-corrected chi connectivity index (χ1v) is 11.2. The van der Waals surface area contributed by atoms with Gasteiger partial charge >= 0.3 is 0 Å². The van der Waals surface area contributed by atoms with Crippen LogP contribution >= 0.6 is 0 Å². The molecule has 3 nitrogen and oxygen atoms in total. The van der Waals surface area contributed by atoms with Crippen LogP contribution in [0, 0.1) is 5.92 Å². The van der Waals surface area contributed by atoms with E-state index in [9.17, 15) is 4.79 Å². The summed E-state index contributed by atoms with van der Waals surface area (Å²) in [5.41, 5.74) is 11.9. The predicted molar refractivity (Wildman–Crippen MR) is 134 cm³/mol. The molecular weight excluding hydrogens is 404 g/mol. The van der Waals surface area contributed by atoms with Gasteiger partial charge in [-0.15, -0.1) is 0 Å². The van der Waals surface area contributed by atoms with E-state index in [0.717, 1.165) is 17.5 Å². The molecule has 0 saturated heterocycles. The van der Waals surface area contributed by atoms with Crippen molar-refractivity contribution in [2.24, 2.45) is 5.92 Å². The molecule has 0 bridgehead atoms. The number of benzene rings is 4. The summed E-state index contributed by atoms with van der Waals surface area (Å²) >= 11 is 0. The third kappa shape index (κ3) is 4.06. The minimum Gasteiger partial charge on any atom is -0.299 e. The van der Waals surface area contributed by atoms with Crippen LogP contribution in [0.25, 0.3) is 16.8 Å². The third-order valence-electron chi connectivity index (χ3n) is 6.53. The van der Waals surface area contributed by atoms with Gasteiger partial charge in [-0.3, -0.25) is 15.6 Å². The minimum absolute atomic E-state index is 0.0234. The van der Waals surface area contributed by atoms with Crippen molar-refractivity contribution in [1.29, 1.82) is 0 Å². The molecule has 4 aromatic rings. The highest BCUT2D eigenvalue weighted by Crippen LogP contribution is 2.58. The molecule has 0 aliphatic heterocycles. The maximum absolute atomic E-state index is 13.1. The average Bonchev–Trinajstić information content (AvgIpc) is 3.66. The Morgan fingerprint density at radius 3 is 1.70 bits per heavy atom. The summed E-state index contributed by atoms with van der Waals surface area (Å²) in [6.45, 7) is 4.11. The smallest absolute Gasteiger partial charge is 0.242 e. The Kier molecular flexibility index (Phi) is 5.54. The van der Waals surface area contributed by atoms with Crippen LogP contribution in [0.5, 0.6) is 0 Å². The zero-order chi connectivity index (χ0) is 22.7. The SMILES string of the molecule is C=C(NNC(=O)[C@H]1CC1(c1ccccc1)c1ccccc1)c1ccc(-c2ccccc2)cc1. The largest absolute Gasteiger partial charge is 0.299 e. The Bertz CT molecular complexity index is 1210. The zero-order valence-corrected chi connectivity index (χ0v) is 18.4. The van der Waals surface area contributed by atoms with E-state index < -0.39 is 0 Å². The van der Waals surface area contributed by atoms with E-state index >= 15 is 0 Å². The van der Waals surface area contributed by atoms with E-state index in [1.807, 2.05) is 66.7 Å². The Hall–Kier alpha value is -4.11. The molecule has 0 spiro atoms. The summed E-state index contributed by atoms with van der Waals surface area (Å²) in [4.78, 5) is 13.1. The van der Waals surface area contributed by atoms with Crippen LogP contribution in [0.4, 0.5) is 0 Å². The second-order valence-corrected chi connectivity index (χ2v) is 8.50. The maximum Gasteiger partial charge on any atom is 0.242 e. The lowest BCUT2D eigenvalue weighted by molar-refractivity contribution is -0.123. The maximum atomic E-state index is 13.1. The molecule has 0 aromatic heterocycles. The van der Waals surface area contributed by atoms with Crippen molar-refractivity contribution < 1.29 is 4.79 Å². The second kappa shape index (κ2) is 8.79. The van der Waals surface area contributed by atoms with Gasteiger partial charge in [0.25, 0.3) is 0 Å². The molecule has 3 heteroatoms. The molecule has 1 aliphatic rings.